The van der Waals surface area contributed by atoms with Gasteiger partial charge in [0.2, 0.25) is 17.0 Å². The van der Waals surface area contributed by atoms with Crippen molar-refractivity contribution in [3.8, 4) is 0 Å². The maximum absolute atomic E-state index is 12.3. The standard InChI is InChI=1S/C12H15N5OS/c1-17(2)10(18)9(8-6-4-3-5-7-8)19-12-14-11(13)15-16-12/h3-7,9H,1-2H3,(H3,13,14,15,16)/t9-/m1/s1. The third-order valence-electron chi connectivity index (χ3n) is 2.47. The van der Waals surface area contributed by atoms with Crippen LogP contribution < -0.4 is 5.73 Å². The summed E-state index contributed by atoms with van der Waals surface area (Å²) in [6, 6.07) is 9.54. The highest BCUT2D eigenvalue weighted by atomic mass is 32.2. The molecule has 0 aliphatic heterocycles. The molecule has 3 N–H and O–H groups in total. The first-order chi connectivity index (χ1) is 9.08. The number of rotatable bonds is 4. The molecule has 1 aromatic carbocycles. The number of likely N-dealkylation sites (N-methyl/N-ethyl adjacent to an activating group) is 1. The zero-order chi connectivity index (χ0) is 13.8. The van der Waals surface area contributed by atoms with E-state index in [1.807, 2.05) is 30.3 Å². The van der Waals surface area contributed by atoms with Gasteiger partial charge in [-0.05, 0) is 5.56 Å². The number of nitrogen functional groups attached to an aromatic ring is 1. The lowest BCUT2D eigenvalue weighted by Gasteiger charge is -2.19. The van der Waals surface area contributed by atoms with E-state index in [9.17, 15) is 4.79 Å². The molecule has 2 rings (SSSR count). The van der Waals surface area contributed by atoms with Crippen LogP contribution in [0.1, 0.15) is 10.8 Å². The molecule has 100 valence electrons. The SMILES string of the molecule is CN(C)C(=O)[C@H](Sc1n[nH]c(N)n1)c1ccccc1. The number of carbonyl (C=O) groups excluding carboxylic acids is 1. The second kappa shape index (κ2) is 5.75. The van der Waals surface area contributed by atoms with Gasteiger partial charge in [-0.2, -0.15) is 4.98 Å². The minimum Gasteiger partial charge on any atom is -0.368 e. The fourth-order valence-electron chi connectivity index (χ4n) is 1.54. The number of amides is 1. The summed E-state index contributed by atoms with van der Waals surface area (Å²) in [6.07, 6.45) is 0. The molecular weight excluding hydrogens is 262 g/mol. The van der Waals surface area contributed by atoms with E-state index in [1.165, 1.54) is 11.8 Å². The van der Waals surface area contributed by atoms with E-state index < -0.39 is 0 Å². The summed E-state index contributed by atoms with van der Waals surface area (Å²) in [6.45, 7) is 0. The van der Waals surface area contributed by atoms with Crippen molar-refractivity contribution in [2.45, 2.75) is 10.4 Å². The molecule has 1 atom stereocenters. The molecule has 7 heteroatoms. The average Bonchev–Trinajstić information content (AvgIpc) is 2.81. The number of nitrogens with two attached hydrogens (primary N) is 1. The van der Waals surface area contributed by atoms with Gasteiger partial charge in [-0.15, -0.1) is 5.10 Å². The fourth-order valence-corrected chi connectivity index (χ4v) is 2.60. The number of anilines is 1. The maximum Gasteiger partial charge on any atom is 0.240 e. The molecule has 0 radical (unpaired) electrons. The van der Waals surface area contributed by atoms with Gasteiger partial charge in [0.25, 0.3) is 0 Å². The highest BCUT2D eigenvalue weighted by Gasteiger charge is 2.25. The third kappa shape index (κ3) is 3.25. The van der Waals surface area contributed by atoms with Crippen molar-refractivity contribution < 1.29 is 4.79 Å². The molecule has 0 saturated carbocycles. The zero-order valence-electron chi connectivity index (χ0n) is 10.7. The monoisotopic (exact) mass is 277 g/mol. The largest absolute Gasteiger partial charge is 0.368 e. The van der Waals surface area contributed by atoms with Crippen molar-refractivity contribution in [3.63, 3.8) is 0 Å². The van der Waals surface area contributed by atoms with Crippen LogP contribution in [0.15, 0.2) is 35.5 Å². The van der Waals surface area contributed by atoms with Crippen molar-refractivity contribution in [2.75, 3.05) is 19.8 Å². The Labute approximate surface area is 115 Å². The molecule has 0 fully saturated rings. The predicted octanol–water partition coefficient (Wildman–Crippen LogP) is 1.31. The van der Waals surface area contributed by atoms with Crippen LogP contribution in [-0.2, 0) is 4.79 Å². The Morgan fingerprint density at radius 3 is 2.58 bits per heavy atom. The molecule has 1 heterocycles. The Morgan fingerprint density at radius 2 is 2.05 bits per heavy atom. The predicted molar refractivity (Wildman–Crippen MR) is 74.5 cm³/mol. The summed E-state index contributed by atoms with van der Waals surface area (Å²) >= 11 is 1.27. The van der Waals surface area contributed by atoms with E-state index in [0.29, 0.717) is 5.16 Å². The number of H-pyrrole nitrogens is 1. The number of hydrogen-bond acceptors (Lipinski definition) is 5. The summed E-state index contributed by atoms with van der Waals surface area (Å²) < 4.78 is 0. The van der Waals surface area contributed by atoms with Crippen LogP contribution in [0.3, 0.4) is 0 Å². The first-order valence-corrected chi connectivity index (χ1v) is 6.56. The highest BCUT2D eigenvalue weighted by molar-refractivity contribution is 8.00. The Hall–Kier alpha value is -2.02. The van der Waals surface area contributed by atoms with Gasteiger partial charge in [0.1, 0.15) is 5.25 Å². The summed E-state index contributed by atoms with van der Waals surface area (Å²) in [7, 11) is 3.45. The van der Waals surface area contributed by atoms with Crippen molar-refractivity contribution in [1.82, 2.24) is 20.1 Å². The van der Waals surface area contributed by atoms with E-state index in [1.54, 1.807) is 19.0 Å². The van der Waals surface area contributed by atoms with Gasteiger partial charge < -0.3 is 10.6 Å². The second-order valence-electron chi connectivity index (χ2n) is 4.14. The molecule has 0 aliphatic carbocycles. The number of carbonyl (C=O) groups is 1. The van der Waals surface area contributed by atoms with E-state index in [2.05, 4.69) is 15.2 Å². The minimum atomic E-state index is -0.383. The van der Waals surface area contributed by atoms with Gasteiger partial charge in [-0.1, -0.05) is 42.1 Å². The van der Waals surface area contributed by atoms with Crippen LogP contribution in [0, 0.1) is 0 Å². The molecular formula is C12H15N5OS. The van der Waals surface area contributed by atoms with E-state index in [4.69, 9.17) is 5.73 Å². The summed E-state index contributed by atoms with van der Waals surface area (Å²) in [5.41, 5.74) is 6.40. The number of hydrogen-bond donors (Lipinski definition) is 2. The van der Waals surface area contributed by atoms with Crippen molar-refractivity contribution in [2.24, 2.45) is 0 Å². The molecule has 1 amide bonds. The number of nitrogens with one attached hydrogen (secondary N) is 1. The number of thioether (sulfide) groups is 1. The lowest BCUT2D eigenvalue weighted by molar-refractivity contribution is -0.128. The van der Waals surface area contributed by atoms with Crippen molar-refractivity contribution >= 4 is 23.6 Å². The van der Waals surface area contributed by atoms with Crippen LogP contribution in [0.2, 0.25) is 0 Å². The van der Waals surface area contributed by atoms with Crippen LogP contribution in [0.4, 0.5) is 5.95 Å². The van der Waals surface area contributed by atoms with Crippen LogP contribution in [-0.4, -0.2) is 40.1 Å². The lowest BCUT2D eigenvalue weighted by atomic mass is 10.1. The number of benzene rings is 1. The van der Waals surface area contributed by atoms with E-state index >= 15 is 0 Å². The average molecular weight is 277 g/mol. The Balaban J connectivity index is 2.27. The van der Waals surface area contributed by atoms with Crippen LogP contribution >= 0.6 is 11.8 Å². The van der Waals surface area contributed by atoms with Crippen molar-refractivity contribution in [1.29, 1.82) is 0 Å². The Kier molecular flexibility index (Phi) is 4.06. The Morgan fingerprint density at radius 1 is 1.37 bits per heavy atom. The first kappa shape index (κ1) is 13.4. The number of aromatic nitrogens is 3. The maximum atomic E-state index is 12.3. The van der Waals surface area contributed by atoms with Gasteiger partial charge in [-0.3, -0.25) is 4.79 Å². The summed E-state index contributed by atoms with van der Waals surface area (Å²) in [5.74, 6) is 0.228. The molecule has 2 aromatic rings. The van der Waals surface area contributed by atoms with Crippen LogP contribution in [0.5, 0.6) is 0 Å². The minimum absolute atomic E-state index is 0.0143. The first-order valence-electron chi connectivity index (χ1n) is 5.68. The fraction of sp³-hybridized carbons (Fsp3) is 0.250. The van der Waals surface area contributed by atoms with Gasteiger partial charge in [0, 0.05) is 14.1 Å². The van der Waals surface area contributed by atoms with Gasteiger partial charge in [-0.25, -0.2) is 5.10 Å². The van der Waals surface area contributed by atoms with Gasteiger partial charge >= 0.3 is 0 Å². The molecule has 1 aromatic heterocycles. The smallest absolute Gasteiger partial charge is 0.240 e. The molecule has 0 saturated heterocycles. The lowest BCUT2D eigenvalue weighted by Crippen LogP contribution is -2.26. The number of aromatic amines is 1. The molecule has 0 bridgehead atoms. The molecule has 0 aliphatic rings. The molecule has 0 unspecified atom stereocenters. The zero-order valence-corrected chi connectivity index (χ0v) is 11.5. The molecule has 0 spiro atoms. The summed E-state index contributed by atoms with van der Waals surface area (Å²) in [4.78, 5) is 17.8. The highest BCUT2D eigenvalue weighted by Crippen LogP contribution is 2.34. The molecule has 19 heavy (non-hydrogen) atoms. The topological polar surface area (TPSA) is 87.9 Å². The third-order valence-corrected chi connectivity index (χ3v) is 3.58. The second-order valence-corrected chi connectivity index (χ2v) is 5.22. The summed E-state index contributed by atoms with van der Waals surface area (Å²) in [5, 5.41) is 6.60. The molecule has 6 nitrogen and oxygen atoms in total. The van der Waals surface area contributed by atoms with Crippen molar-refractivity contribution in [3.05, 3.63) is 35.9 Å². The van der Waals surface area contributed by atoms with E-state index in [-0.39, 0.29) is 17.1 Å². The Bertz CT molecular complexity index is 554. The van der Waals surface area contributed by atoms with Gasteiger partial charge in [0.15, 0.2) is 0 Å². The number of nitrogens with zero attached hydrogens (tertiary/aromatic N) is 3. The quantitative estimate of drug-likeness (QED) is 0.823. The van der Waals surface area contributed by atoms with Crippen LogP contribution in [0.25, 0.3) is 0 Å². The van der Waals surface area contributed by atoms with Gasteiger partial charge in [0.05, 0.1) is 0 Å². The normalized spacial score (nSPS) is 12.1. The van der Waals surface area contributed by atoms with E-state index in [0.717, 1.165) is 5.56 Å².